The average Bonchev–Trinajstić information content (AvgIpc) is 3.29. The Hall–Kier alpha value is -3.09. The molecule has 198 valence electrons. The van der Waals surface area contributed by atoms with Gasteiger partial charge in [-0.2, -0.15) is 0 Å². The van der Waals surface area contributed by atoms with Gasteiger partial charge in [0, 0.05) is 56.6 Å². The van der Waals surface area contributed by atoms with Gasteiger partial charge in [-0.1, -0.05) is 11.6 Å². The topological polar surface area (TPSA) is 137 Å². The summed E-state index contributed by atoms with van der Waals surface area (Å²) in [6.45, 7) is 1.63. The van der Waals surface area contributed by atoms with Crippen molar-refractivity contribution in [3.63, 3.8) is 0 Å². The van der Waals surface area contributed by atoms with Crippen LogP contribution in [0.15, 0.2) is 18.3 Å². The maximum atomic E-state index is 13.2. The molecule has 4 rings (SSSR count). The standard InChI is InChI=1S/C24H30ClN7O4S/c1-31(2)24(36)13-4-6-15(27-20(33)21(34)30-19-7-5-14(25)11-26-19)17(10-13)28-22(35)23-29-16-8-9-32(3)12-18(16)37-23/h5,7,11,13,15,17H,4,6,8-10,12H2,1-3H3,(H,27,33)(H,28,35)(H,26,30,34)/t13-,15+,17-/m1/s1. The number of halogens is 1. The smallest absolute Gasteiger partial charge is 0.314 e. The fraction of sp³-hybridized carbons (Fsp3) is 0.500. The van der Waals surface area contributed by atoms with Gasteiger partial charge in [-0.05, 0) is 38.4 Å². The van der Waals surface area contributed by atoms with E-state index in [-0.39, 0.29) is 23.6 Å². The molecule has 37 heavy (non-hydrogen) atoms. The molecule has 2 aliphatic rings. The van der Waals surface area contributed by atoms with Crippen LogP contribution in [-0.4, -0.2) is 83.2 Å². The SMILES string of the molecule is CN1CCc2nc(C(=O)N[C@@H]3C[C@H](C(=O)N(C)C)CC[C@@H]3NC(=O)C(=O)Nc3ccc(Cl)cn3)sc2C1. The van der Waals surface area contributed by atoms with Crippen molar-refractivity contribution in [1.82, 2.24) is 30.4 Å². The predicted molar refractivity (Wildman–Crippen MR) is 139 cm³/mol. The fourth-order valence-corrected chi connectivity index (χ4v) is 5.80. The Morgan fingerprint density at radius 3 is 2.59 bits per heavy atom. The minimum atomic E-state index is -0.886. The number of nitrogens with zero attached hydrogens (tertiary/aromatic N) is 4. The Bertz CT molecular complexity index is 1190. The van der Waals surface area contributed by atoms with Crippen LogP contribution in [0.25, 0.3) is 0 Å². The van der Waals surface area contributed by atoms with Gasteiger partial charge in [-0.25, -0.2) is 9.97 Å². The summed E-state index contributed by atoms with van der Waals surface area (Å²) >= 11 is 7.17. The minimum absolute atomic E-state index is 0.0386. The number of fused-ring (bicyclic) bond motifs is 1. The molecule has 11 nitrogen and oxygen atoms in total. The molecule has 3 heterocycles. The molecular formula is C24H30ClN7O4S. The fourth-order valence-electron chi connectivity index (χ4n) is 4.60. The van der Waals surface area contributed by atoms with Crippen molar-refractivity contribution in [2.45, 2.75) is 44.3 Å². The molecule has 0 aromatic carbocycles. The lowest BCUT2D eigenvalue weighted by Gasteiger charge is -2.37. The number of anilines is 1. The highest BCUT2D eigenvalue weighted by Crippen LogP contribution is 2.28. The summed E-state index contributed by atoms with van der Waals surface area (Å²) in [7, 11) is 5.41. The van der Waals surface area contributed by atoms with Gasteiger partial charge in [-0.3, -0.25) is 19.2 Å². The normalized spacial score (nSPS) is 21.5. The van der Waals surface area contributed by atoms with Crippen LogP contribution in [0.1, 0.15) is 39.6 Å². The summed E-state index contributed by atoms with van der Waals surface area (Å²) in [5.74, 6) is -2.25. The highest BCUT2D eigenvalue weighted by Gasteiger charge is 2.37. The lowest BCUT2D eigenvalue weighted by molar-refractivity contribution is -0.137. The predicted octanol–water partition coefficient (Wildman–Crippen LogP) is 1.29. The largest absolute Gasteiger partial charge is 0.349 e. The number of rotatable bonds is 5. The van der Waals surface area contributed by atoms with Crippen LogP contribution < -0.4 is 16.0 Å². The van der Waals surface area contributed by atoms with Gasteiger partial charge >= 0.3 is 11.8 Å². The molecule has 1 saturated carbocycles. The molecule has 2 aromatic heterocycles. The molecule has 0 radical (unpaired) electrons. The second-order valence-corrected chi connectivity index (χ2v) is 11.1. The van der Waals surface area contributed by atoms with E-state index in [0.29, 0.717) is 29.3 Å². The molecule has 13 heteroatoms. The second kappa shape index (κ2) is 11.5. The number of aromatic nitrogens is 2. The van der Waals surface area contributed by atoms with Gasteiger partial charge in [0.05, 0.1) is 16.8 Å². The highest BCUT2D eigenvalue weighted by molar-refractivity contribution is 7.13. The zero-order chi connectivity index (χ0) is 26.7. The second-order valence-electron chi connectivity index (χ2n) is 9.60. The van der Waals surface area contributed by atoms with Crippen molar-refractivity contribution in [1.29, 1.82) is 0 Å². The number of carbonyl (C=O) groups excluding carboxylic acids is 4. The molecule has 2 aromatic rings. The van der Waals surface area contributed by atoms with E-state index in [1.807, 2.05) is 7.05 Å². The van der Waals surface area contributed by atoms with Crippen molar-refractivity contribution in [2.75, 3.05) is 33.0 Å². The third-order valence-electron chi connectivity index (χ3n) is 6.56. The van der Waals surface area contributed by atoms with Crippen LogP contribution in [-0.2, 0) is 27.3 Å². The first-order chi connectivity index (χ1) is 17.6. The maximum Gasteiger partial charge on any atom is 0.314 e. The lowest BCUT2D eigenvalue weighted by atomic mass is 9.81. The molecule has 0 bridgehead atoms. The summed E-state index contributed by atoms with van der Waals surface area (Å²) in [5.41, 5.74) is 0.940. The zero-order valence-electron chi connectivity index (χ0n) is 20.9. The first-order valence-corrected chi connectivity index (χ1v) is 13.2. The molecule has 0 spiro atoms. The quantitative estimate of drug-likeness (QED) is 0.480. The van der Waals surface area contributed by atoms with Crippen molar-refractivity contribution in [3.05, 3.63) is 38.9 Å². The number of likely N-dealkylation sites (N-methyl/N-ethyl adjacent to an activating group) is 1. The number of amides is 4. The van der Waals surface area contributed by atoms with Gasteiger partial charge in [0.2, 0.25) is 5.91 Å². The van der Waals surface area contributed by atoms with Crippen LogP contribution >= 0.6 is 22.9 Å². The molecule has 1 aliphatic heterocycles. The Labute approximate surface area is 224 Å². The molecule has 3 atom stereocenters. The number of thiazole rings is 1. The Balaban J connectivity index is 1.45. The molecule has 3 N–H and O–H groups in total. The highest BCUT2D eigenvalue weighted by atomic mass is 35.5. The van der Waals surface area contributed by atoms with E-state index < -0.39 is 23.9 Å². The Kier molecular flexibility index (Phi) is 8.40. The van der Waals surface area contributed by atoms with Crippen LogP contribution in [0.4, 0.5) is 5.82 Å². The number of hydrogen-bond donors (Lipinski definition) is 3. The molecular weight excluding hydrogens is 518 g/mol. The Morgan fingerprint density at radius 1 is 1.11 bits per heavy atom. The van der Waals surface area contributed by atoms with E-state index in [9.17, 15) is 19.2 Å². The van der Waals surface area contributed by atoms with Gasteiger partial charge in [0.1, 0.15) is 5.82 Å². The number of nitrogens with one attached hydrogen (secondary N) is 3. The van der Waals surface area contributed by atoms with Crippen LogP contribution in [0.5, 0.6) is 0 Å². The Morgan fingerprint density at radius 2 is 1.89 bits per heavy atom. The number of pyridine rings is 1. The van der Waals surface area contributed by atoms with Crippen LogP contribution in [0, 0.1) is 5.92 Å². The summed E-state index contributed by atoms with van der Waals surface area (Å²) in [5, 5.41) is 8.91. The monoisotopic (exact) mass is 547 g/mol. The average molecular weight is 548 g/mol. The van der Waals surface area contributed by atoms with E-state index in [4.69, 9.17) is 11.6 Å². The van der Waals surface area contributed by atoms with E-state index in [0.717, 1.165) is 30.1 Å². The first kappa shape index (κ1) is 27.0. The van der Waals surface area contributed by atoms with Crippen LogP contribution in [0.2, 0.25) is 5.02 Å². The molecule has 1 fully saturated rings. The molecule has 0 saturated heterocycles. The van der Waals surface area contributed by atoms with E-state index in [2.05, 4.69) is 30.8 Å². The van der Waals surface area contributed by atoms with E-state index in [1.165, 1.54) is 28.5 Å². The summed E-state index contributed by atoms with van der Waals surface area (Å²) in [6, 6.07) is 1.95. The van der Waals surface area contributed by atoms with Crippen LogP contribution in [0.3, 0.4) is 0 Å². The van der Waals surface area contributed by atoms with E-state index >= 15 is 0 Å². The zero-order valence-corrected chi connectivity index (χ0v) is 22.5. The summed E-state index contributed by atoms with van der Waals surface area (Å²) in [6.07, 6.45) is 3.42. The molecule has 4 amide bonds. The summed E-state index contributed by atoms with van der Waals surface area (Å²) in [4.78, 5) is 64.3. The van der Waals surface area contributed by atoms with Crippen molar-refractivity contribution in [2.24, 2.45) is 5.92 Å². The van der Waals surface area contributed by atoms with Crippen molar-refractivity contribution in [3.8, 4) is 0 Å². The third kappa shape index (κ3) is 6.62. The maximum absolute atomic E-state index is 13.2. The van der Waals surface area contributed by atoms with Gasteiger partial charge < -0.3 is 25.8 Å². The molecule has 0 unspecified atom stereocenters. The lowest BCUT2D eigenvalue weighted by Crippen LogP contribution is -2.57. The minimum Gasteiger partial charge on any atom is -0.349 e. The van der Waals surface area contributed by atoms with Crippen molar-refractivity contribution >= 4 is 52.4 Å². The van der Waals surface area contributed by atoms with E-state index in [1.54, 1.807) is 20.2 Å². The van der Waals surface area contributed by atoms with Gasteiger partial charge in [-0.15, -0.1) is 11.3 Å². The third-order valence-corrected chi connectivity index (χ3v) is 7.87. The number of carbonyl (C=O) groups is 4. The van der Waals surface area contributed by atoms with Crippen molar-refractivity contribution < 1.29 is 19.2 Å². The van der Waals surface area contributed by atoms with Gasteiger partial charge in [0.25, 0.3) is 5.91 Å². The van der Waals surface area contributed by atoms with Gasteiger partial charge in [0.15, 0.2) is 5.01 Å². The summed E-state index contributed by atoms with van der Waals surface area (Å²) < 4.78 is 0. The first-order valence-electron chi connectivity index (χ1n) is 12.0. The number of hydrogen-bond acceptors (Lipinski definition) is 8. The molecule has 1 aliphatic carbocycles.